The van der Waals surface area contributed by atoms with Gasteiger partial charge in [-0.2, -0.15) is 0 Å². The van der Waals surface area contributed by atoms with Gasteiger partial charge in [0.15, 0.2) is 0 Å². The number of hydrogen-bond acceptors (Lipinski definition) is 5. The molecule has 1 saturated heterocycles. The lowest BCUT2D eigenvalue weighted by Crippen LogP contribution is -2.34. The molecule has 0 aromatic carbocycles. The highest BCUT2D eigenvalue weighted by molar-refractivity contribution is 7.15. The zero-order valence-corrected chi connectivity index (χ0v) is 11.4. The average molecular weight is 269 g/mol. The van der Waals surface area contributed by atoms with E-state index in [9.17, 15) is 10.1 Å². The molecule has 2 heterocycles. The third-order valence-corrected chi connectivity index (χ3v) is 4.30. The van der Waals surface area contributed by atoms with Gasteiger partial charge in [-0.1, -0.05) is 11.3 Å². The maximum Gasteiger partial charge on any atom is 0.324 e. The standard InChI is InChI=1S/C12H19N3O2S/c1-14(8-10-4-6-13-7-5-10)9-11-2-3-12(18-11)15(16)17/h2-3,10,13H,4-9H2,1H3. The molecule has 1 aliphatic heterocycles. The predicted molar refractivity (Wildman–Crippen MR) is 72.9 cm³/mol. The van der Waals surface area contributed by atoms with Crippen LogP contribution in [0.3, 0.4) is 0 Å². The molecule has 0 radical (unpaired) electrons. The fraction of sp³-hybridized carbons (Fsp3) is 0.667. The molecule has 0 aliphatic carbocycles. The molecular formula is C12H19N3O2S. The number of nitrogens with zero attached hydrogens (tertiary/aromatic N) is 2. The summed E-state index contributed by atoms with van der Waals surface area (Å²) >= 11 is 1.28. The Morgan fingerprint density at radius 2 is 2.22 bits per heavy atom. The molecule has 2 rings (SSSR count). The zero-order chi connectivity index (χ0) is 13.0. The number of rotatable bonds is 5. The first-order valence-electron chi connectivity index (χ1n) is 6.27. The largest absolute Gasteiger partial charge is 0.324 e. The smallest absolute Gasteiger partial charge is 0.317 e. The number of nitro groups is 1. The van der Waals surface area contributed by atoms with Crippen molar-refractivity contribution in [2.45, 2.75) is 19.4 Å². The molecule has 1 fully saturated rings. The van der Waals surface area contributed by atoms with E-state index in [1.54, 1.807) is 6.07 Å². The summed E-state index contributed by atoms with van der Waals surface area (Å²) in [7, 11) is 2.09. The Morgan fingerprint density at radius 1 is 1.50 bits per heavy atom. The van der Waals surface area contributed by atoms with Gasteiger partial charge in [0.1, 0.15) is 0 Å². The van der Waals surface area contributed by atoms with Gasteiger partial charge in [0, 0.05) is 24.0 Å². The fourth-order valence-electron chi connectivity index (χ4n) is 2.39. The number of nitrogens with one attached hydrogen (secondary N) is 1. The second kappa shape index (κ2) is 6.26. The third kappa shape index (κ3) is 3.76. The van der Waals surface area contributed by atoms with Crippen molar-refractivity contribution in [2.75, 3.05) is 26.7 Å². The van der Waals surface area contributed by atoms with E-state index in [2.05, 4.69) is 17.3 Å². The van der Waals surface area contributed by atoms with Crippen LogP contribution in [0.5, 0.6) is 0 Å². The second-order valence-electron chi connectivity index (χ2n) is 4.89. The van der Waals surface area contributed by atoms with Crippen molar-refractivity contribution in [3.05, 3.63) is 27.1 Å². The Kier molecular flexibility index (Phi) is 4.68. The van der Waals surface area contributed by atoms with Crippen molar-refractivity contribution in [2.24, 2.45) is 5.92 Å². The monoisotopic (exact) mass is 269 g/mol. The maximum absolute atomic E-state index is 10.6. The van der Waals surface area contributed by atoms with Gasteiger partial charge in [-0.25, -0.2) is 0 Å². The van der Waals surface area contributed by atoms with E-state index < -0.39 is 0 Å². The highest BCUT2D eigenvalue weighted by Gasteiger charge is 2.16. The molecule has 0 saturated carbocycles. The molecule has 0 amide bonds. The second-order valence-corrected chi connectivity index (χ2v) is 6.03. The Morgan fingerprint density at radius 3 is 2.83 bits per heavy atom. The van der Waals surface area contributed by atoms with E-state index in [1.165, 1.54) is 24.2 Å². The zero-order valence-electron chi connectivity index (χ0n) is 10.6. The fourth-order valence-corrected chi connectivity index (χ4v) is 3.29. The lowest BCUT2D eigenvalue weighted by atomic mass is 9.98. The van der Waals surface area contributed by atoms with Gasteiger partial charge < -0.3 is 10.2 Å². The summed E-state index contributed by atoms with van der Waals surface area (Å²) in [5.41, 5.74) is 0. The molecule has 0 unspecified atom stereocenters. The first kappa shape index (κ1) is 13.5. The summed E-state index contributed by atoms with van der Waals surface area (Å²) in [4.78, 5) is 13.6. The van der Waals surface area contributed by atoms with Crippen LogP contribution in [0.15, 0.2) is 12.1 Å². The minimum Gasteiger partial charge on any atom is -0.317 e. The first-order valence-corrected chi connectivity index (χ1v) is 7.09. The van der Waals surface area contributed by atoms with E-state index in [4.69, 9.17) is 0 Å². The quantitative estimate of drug-likeness (QED) is 0.657. The van der Waals surface area contributed by atoms with Crippen molar-refractivity contribution in [1.82, 2.24) is 10.2 Å². The molecule has 0 atom stereocenters. The molecular weight excluding hydrogens is 250 g/mol. The molecule has 6 heteroatoms. The lowest BCUT2D eigenvalue weighted by Gasteiger charge is -2.27. The summed E-state index contributed by atoms with van der Waals surface area (Å²) in [5.74, 6) is 0.756. The number of hydrogen-bond donors (Lipinski definition) is 1. The van der Waals surface area contributed by atoms with Crippen LogP contribution in [0, 0.1) is 16.0 Å². The third-order valence-electron chi connectivity index (χ3n) is 3.28. The van der Waals surface area contributed by atoms with Gasteiger partial charge in [-0.05, 0) is 45.0 Å². The molecule has 1 aliphatic rings. The van der Waals surface area contributed by atoms with Crippen LogP contribution in [0.2, 0.25) is 0 Å². The highest BCUT2D eigenvalue weighted by atomic mass is 32.1. The summed E-state index contributed by atoms with van der Waals surface area (Å²) in [6.45, 7) is 4.11. The summed E-state index contributed by atoms with van der Waals surface area (Å²) in [6.07, 6.45) is 2.46. The molecule has 0 spiro atoms. The van der Waals surface area contributed by atoms with Crippen LogP contribution in [0.1, 0.15) is 17.7 Å². The van der Waals surface area contributed by atoms with Crippen molar-refractivity contribution in [3.8, 4) is 0 Å². The minimum absolute atomic E-state index is 0.236. The predicted octanol–water partition coefficient (Wildman–Crippen LogP) is 2.09. The highest BCUT2D eigenvalue weighted by Crippen LogP contribution is 2.25. The normalized spacial score (nSPS) is 17.2. The van der Waals surface area contributed by atoms with Crippen molar-refractivity contribution >= 4 is 16.3 Å². The van der Waals surface area contributed by atoms with E-state index in [0.717, 1.165) is 37.0 Å². The Hall–Kier alpha value is -0.980. The van der Waals surface area contributed by atoms with E-state index in [-0.39, 0.29) is 9.92 Å². The van der Waals surface area contributed by atoms with E-state index >= 15 is 0 Å². The van der Waals surface area contributed by atoms with Crippen LogP contribution in [-0.2, 0) is 6.54 Å². The lowest BCUT2D eigenvalue weighted by molar-refractivity contribution is -0.380. The Balaban J connectivity index is 1.82. The molecule has 1 N–H and O–H groups in total. The van der Waals surface area contributed by atoms with Gasteiger partial charge in [0.2, 0.25) is 0 Å². The topological polar surface area (TPSA) is 58.4 Å². The van der Waals surface area contributed by atoms with Crippen LogP contribution < -0.4 is 5.32 Å². The Labute approximate surface area is 111 Å². The Bertz CT molecular complexity index is 402. The van der Waals surface area contributed by atoms with Crippen LogP contribution in [-0.4, -0.2) is 36.5 Å². The van der Waals surface area contributed by atoms with Crippen LogP contribution in [0.4, 0.5) is 5.00 Å². The van der Waals surface area contributed by atoms with Crippen molar-refractivity contribution in [1.29, 1.82) is 0 Å². The SMILES string of the molecule is CN(Cc1ccc([N+](=O)[O-])s1)CC1CCNCC1. The molecule has 1 aromatic rings. The van der Waals surface area contributed by atoms with Gasteiger partial charge in [-0.3, -0.25) is 10.1 Å². The summed E-state index contributed by atoms with van der Waals surface area (Å²) < 4.78 is 0. The van der Waals surface area contributed by atoms with Crippen molar-refractivity contribution in [3.63, 3.8) is 0 Å². The van der Waals surface area contributed by atoms with Crippen LogP contribution >= 0.6 is 11.3 Å². The average Bonchev–Trinajstić information content (AvgIpc) is 2.78. The van der Waals surface area contributed by atoms with E-state index in [0.29, 0.717) is 0 Å². The maximum atomic E-state index is 10.6. The molecule has 5 nitrogen and oxygen atoms in total. The summed E-state index contributed by atoms with van der Waals surface area (Å²) in [6, 6.07) is 3.46. The summed E-state index contributed by atoms with van der Waals surface area (Å²) in [5, 5.41) is 14.2. The number of thiophene rings is 1. The molecule has 18 heavy (non-hydrogen) atoms. The number of piperidine rings is 1. The minimum atomic E-state index is -0.318. The molecule has 1 aromatic heterocycles. The first-order chi connectivity index (χ1) is 8.65. The van der Waals surface area contributed by atoms with Gasteiger partial charge in [0.05, 0.1) is 4.92 Å². The molecule has 100 valence electrons. The van der Waals surface area contributed by atoms with Crippen molar-refractivity contribution < 1.29 is 4.92 Å². The van der Waals surface area contributed by atoms with Gasteiger partial charge >= 0.3 is 5.00 Å². The molecule has 0 bridgehead atoms. The van der Waals surface area contributed by atoms with E-state index in [1.807, 2.05) is 6.07 Å². The van der Waals surface area contributed by atoms with Gasteiger partial charge in [0.25, 0.3) is 0 Å². The van der Waals surface area contributed by atoms with Crippen LogP contribution in [0.25, 0.3) is 0 Å². The van der Waals surface area contributed by atoms with Gasteiger partial charge in [-0.15, -0.1) is 0 Å².